The summed E-state index contributed by atoms with van der Waals surface area (Å²) in [4.78, 5) is 28.5. The van der Waals surface area contributed by atoms with E-state index in [0.717, 1.165) is 73.7 Å². The standard InChI is InChI=1S/C22H26FN5OS/c1-26-8-3-9-28(13-12-26)22(29)15-6-10-27(11-7-15)21-20-19(24-14-25-21)18-16(23)4-2-5-17(18)30-20/h2,4-5,14-15H,3,6-13H2,1H3. The van der Waals surface area contributed by atoms with Crippen LogP contribution in [0.5, 0.6) is 0 Å². The number of likely N-dealkylation sites (N-methyl/N-ethyl adjacent to an activating group) is 1. The van der Waals surface area contributed by atoms with E-state index in [2.05, 4.69) is 31.7 Å². The van der Waals surface area contributed by atoms with Crippen molar-refractivity contribution in [1.29, 1.82) is 0 Å². The van der Waals surface area contributed by atoms with E-state index in [0.29, 0.717) is 16.8 Å². The lowest BCUT2D eigenvalue weighted by molar-refractivity contribution is -0.136. The Labute approximate surface area is 179 Å². The minimum absolute atomic E-state index is 0.0850. The zero-order valence-corrected chi connectivity index (χ0v) is 18.0. The van der Waals surface area contributed by atoms with Crippen molar-refractivity contribution in [2.24, 2.45) is 5.92 Å². The molecule has 0 saturated carbocycles. The molecule has 0 spiro atoms. The number of hydrogen-bond donors (Lipinski definition) is 0. The Morgan fingerprint density at radius 2 is 1.93 bits per heavy atom. The van der Waals surface area contributed by atoms with Crippen molar-refractivity contribution >= 4 is 43.4 Å². The molecule has 2 aliphatic heterocycles. The van der Waals surface area contributed by atoms with Crippen LogP contribution in [0.25, 0.3) is 20.3 Å². The van der Waals surface area contributed by atoms with Crippen molar-refractivity contribution < 1.29 is 9.18 Å². The molecule has 2 fully saturated rings. The third-order valence-corrected chi connectivity index (χ3v) is 7.52. The molecule has 5 rings (SSSR count). The first-order valence-corrected chi connectivity index (χ1v) is 11.5. The van der Waals surface area contributed by atoms with Crippen LogP contribution in [-0.2, 0) is 4.79 Å². The second kappa shape index (κ2) is 8.07. The van der Waals surface area contributed by atoms with Gasteiger partial charge in [0.25, 0.3) is 0 Å². The number of carbonyl (C=O) groups excluding carboxylic acids is 1. The number of benzene rings is 1. The lowest BCUT2D eigenvalue weighted by Crippen LogP contribution is -2.44. The number of amides is 1. The fraction of sp³-hybridized carbons (Fsp3) is 0.500. The van der Waals surface area contributed by atoms with Gasteiger partial charge in [-0.15, -0.1) is 11.3 Å². The van der Waals surface area contributed by atoms with Crippen LogP contribution in [0.3, 0.4) is 0 Å². The second-order valence-electron chi connectivity index (χ2n) is 8.33. The highest BCUT2D eigenvalue weighted by atomic mass is 32.1. The van der Waals surface area contributed by atoms with Crippen LogP contribution in [0.15, 0.2) is 24.5 Å². The van der Waals surface area contributed by atoms with Crippen LogP contribution in [0.2, 0.25) is 0 Å². The van der Waals surface area contributed by atoms with Crippen LogP contribution >= 0.6 is 11.3 Å². The summed E-state index contributed by atoms with van der Waals surface area (Å²) in [5.74, 6) is 1.02. The van der Waals surface area contributed by atoms with Gasteiger partial charge in [0.05, 0.1) is 15.6 Å². The van der Waals surface area contributed by atoms with E-state index < -0.39 is 0 Å². The molecule has 0 N–H and O–H groups in total. The van der Waals surface area contributed by atoms with Gasteiger partial charge in [-0.2, -0.15) is 0 Å². The van der Waals surface area contributed by atoms with Crippen molar-refractivity contribution in [2.45, 2.75) is 19.3 Å². The predicted octanol–water partition coefficient (Wildman–Crippen LogP) is 3.36. The van der Waals surface area contributed by atoms with Gasteiger partial charge in [0.1, 0.15) is 18.0 Å². The third kappa shape index (κ3) is 3.52. The molecule has 2 aliphatic rings. The summed E-state index contributed by atoms with van der Waals surface area (Å²) in [6, 6.07) is 5.14. The first-order valence-electron chi connectivity index (χ1n) is 10.7. The normalized spacial score (nSPS) is 19.5. The SMILES string of the molecule is CN1CCCN(C(=O)C2CCN(c3ncnc4c3sc3cccc(F)c34)CC2)CC1. The second-order valence-corrected chi connectivity index (χ2v) is 9.39. The minimum Gasteiger partial charge on any atom is -0.355 e. The van der Waals surface area contributed by atoms with Gasteiger partial charge in [0, 0.05) is 43.3 Å². The van der Waals surface area contributed by atoms with E-state index >= 15 is 0 Å². The molecular weight excluding hydrogens is 401 g/mol. The predicted molar refractivity (Wildman–Crippen MR) is 119 cm³/mol. The molecule has 4 heterocycles. The van der Waals surface area contributed by atoms with Crippen molar-refractivity contribution in [3.8, 4) is 0 Å². The summed E-state index contributed by atoms with van der Waals surface area (Å²) in [6.07, 6.45) is 4.23. The topological polar surface area (TPSA) is 52.6 Å². The summed E-state index contributed by atoms with van der Waals surface area (Å²) >= 11 is 1.54. The number of thiophene rings is 1. The van der Waals surface area contributed by atoms with E-state index in [1.807, 2.05) is 6.07 Å². The molecule has 1 amide bonds. The largest absolute Gasteiger partial charge is 0.355 e. The number of halogens is 1. The van der Waals surface area contributed by atoms with Gasteiger partial charge in [-0.05, 0) is 45.0 Å². The monoisotopic (exact) mass is 427 g/mol. The highest BCUT2D eigenvalue weighted by Crippen LogP contribution is 2.39. The van der Waals surface area contributed by atoms with Gasteiger partial charge in [-0.25, -0.2) is 14.4 Å². The molecule has 1 aromatic carbocycles. The Balaban J connectivity index is 1.33. The minimum atomic E-state index is -0.240. The molecule has 2 aromatic heterocycles. The number of aromatic nitrogens is 2. The van der Waals surface area contributed by atoms with Gasteiger partial charge in [0.2, 0.25) is 5.91 Å². The third-order valence-electron chi connectivity index (χ3n) is 6.38. The molecule has 158 valence electrons. The van der Waals surface area contributed by atoms with Gasteiger partial charge in [0.15, 0.2) is 0 Å². The number of nitrogens with zero attached hydrogens (tertiary/aromatic N) is 5. The van der Waals surface area contributed by atoms with Gasteiger partial charge >= 0.3 is 0 Å². The number of rotatable bonds is 2. The number of carbonyl (C=O) groups is 1. The van der Waals surface area contributed by atoms with Gasteiger partial charge in [-0.1, -0.05) is 6.07 Å². The molecule has 2 saturated heterocycles. The molecule has 0 aliphatic carbocycles. The summed E-state index contributed by atoms with van der Waals surface area (Å²) in [7, 11) is 2.12. The fourth-order valence-electron chi connectivity index (χ4n) is 4.65. The first kappa shape index (κ1) is 19.6. The maximum Gasteiger partial charge on any atom is 0.225 e. The van der Waals surface area contributed by atoms with E-state index in [1.165, 1.54) is 12.4 Å². The smallest absolute Gasteiger partial charge is 0.225 e. The first-order chi connectivity index (χ1) is 14.6. The maximum atomic E-state index is 14.4. The van der Waals surface area contributed by atoms with Crippen LogP contribution in [0.4, 0.5) is 10.2 Å². The molecule has 0 radical (unpaired) electrons. The van der Waals surface area contributed by atoms with E-state index in [1.54, 1.807) is 17.4 Å². The maximum absolute atomic E-state index is 14.4. The lowest BCUT2D eigenvalue weighted by atomic mass is 9.95. The molecule has 0 bridgehead atoms. The highest BCUT2D eigenvalue weighted by Gasteiger charge is 2.30. The highest BCUT2D eigenvalue weighted by molar-refractivity contribution is 7.26. The number of anilines is 1. The Morgan fingerprint density at radius 1 is 1.10 bits per heavy atom. The van der Waals surface area contributed by atoms with Crippen LogP contribution in [0.1, 0.15) is 19.3 Å². The summed E-state index contributed by atoms with van der Waals surface area (Å²) in [5, 5.41) is 0.581. The van der Waals surface area contributed by atoms with E-state index in [4.69, 9.17) is 0 Å². The van der Waals surface area contributed by atoms with Crippen LogP contribution in [-0.4, -0.2) is 72.0 Å². The number of hydrogen-bond acceptors (Lipinski definition) is 6. The molecule has 30 heavy (non-hydrogen) atoms. The molecule has 8 heteroatoms. The average Bonchev–Trinajstić information content (AvgIpc) is 3.02. The number of piperidine rings is 1. The summed E-state index contributed by atoms with van der Waals surface area (Å²) < 4.78 is 16.2. The molecule has 0 unspecified atom stereocenters. The van der Waals surface area contributed by atoms with Gasteiger partial charge < -0.3 is 14.7 Å². The fourth-order valence-corrected chi connectivity index (χ4v) is 5.84. The van der Waals surface area contributed by atoms with Gasteiger partial charge in [-0.3, -0.25) is 4.79 Å². The molecule has 6 nitrogen and oxygen atoms in total. The summed E-state index contributed by atoms with van der Waals surface area (Å²) in [5.41, 5.74) is 0.685. The molecule has 0 atom stereocenters. The zero-order chi connectivity index (χ0) is 20.7. The van der Waals surface area contributed by atoms with E-state index in [-0.39, 0.29) is 11.7 Å². The zero-order valence-electron chi connectivity index (χ0n) is 17.2. The Bertz CT molecular complexity index is 1080. The van der Waals surface area contributed by atoms with Crippen molar-refractivity contribution in [1.82, 2.24) is 19.8 Å². The van der Waals surface area contributed by atoms with Crippen molar-refractivity contribution in [3.63, 3.8) is 0 Å². The Hall–Kier alpha value is -2.32. The number of fused-ring (bicyclic) bond motifs is 3. The summed E-state index contributed by atoms with van der Waals surface area (Å²) in [6.45, 7) is 5.27. The lowest BCUT2D eigenvalue weighted by Gasteiger charge is -2.34. The quantitative estimate of drug-likeness (QED) is 0.628. The molecular formula is C22H26FN5OS. The molecule has 3 aromatic rings. The van der Waals surface area contributed by atoms with E-state index in [9.17, 15) is 9.18 Å². The average molecular weight is 428 g/mol. The Kier molecular flexibility index (Phi) is 5.28. The van der Waals surface area contributed by atoms with Crippen molar-refractivity contribution in [2.75, 3.05) is 51.2 Å². The van der Waals surface area contributed by atoms with Crippen LogP contribution in [0, 0.1) is 11.7 Å². The van der Waals surface area contributed by atoms with Crippen molar-refractivity contribution in [3.05, 3.63) is 30.3 Å². The Morgan fingerprint density at radius 3 is 2.77 bits per heavy atom. The van der Waals surface area contributed by atoms with Crippen LogP contribution < -0.4 is 4.90 Å².